The molecule has 0 saturated carbocycles. The van der Waals surface area contributed by atoms with Gasteiger partial charge >= 0.3 is 37.9 Å². The second-order valence-corrected chi connectivity index (χ2v) is 32.9. The lowest BCUT2D eigenvalue weighted by Gasteiger charge is -2.40. The number of nitrogens with zero attached hydrogens (tertiary/aromatic N) is 3. The largest absolute Gasteiger partial charge is 0.429 e. The van der Waals surface area contributed by atoms with E-state index in [4.69, 9.17) is 22.6 Å². The van der Waals surface area contributed by atoms with E-state index in [1.54, 1.807) is 21.5 Å². The molecule has 5 atom stereocenters. The van der Waals surface area contributed by atoms with Crippen LogP contribution >= 0.6 is 37.9 Å². The van der Waals surface area contributed by atoms with Gasteiger partial charge in [0, 0.05) is 94.9 Å². The maximum absolute atomic E-state index is 16.6. The first kappa shape index (κ1) is 56.8. The van der Waals surface area contributed by atoms with Gasteiger partial charge in [-0.15, -0.1) is 4.67 Å². The fourth-order valence-corrected chi connectivity index (χ4v) is 23.9. The van der Waals surface area contributed by atoms with Crippen LogP contribution in [0.15, 0.2) is 243 Å². The molecule has 5 heterocycles. The Bertz CT molecular complexity index is 4370. The summed E-state index contributed by atoms with van der Waals surface area (Å²) in [6.45, 7) is 0.152. The molecule has 0 amide bonds. The van der Waals surface area contributed by atoms with E-state index in [0.29, 0.717) is 55.3 Å². The highest BCUT2D eigenvalue weighted by atomic mass is 31.2. The van der Waals surface area contributed by atoms with Crippen LogP contribution in [-0.4, -0.2) is 71.3 Å². The van der Waals surface area contributed by atoms with E-state index in [1.165, 1.54) is 0 Å². The molecule has 3 N–H and O–H groups in total. The first-order valence-electron chi connectivity index (χ1n) is 29.2. The van der Waals surface area contributed by atoms with Gasteiger partial charge in [0.15, 0.2) is 11.1 Å². The second-order valence-electron chi connectivity index (χ2n) is 21.9. The number of hydrogen-bond acceptors (Lipinski definition) is 11. The predicted octanol–water partition coefficient (Wildman–Crippen LogP) is 13.5. The van der Waals surface area contributed by atoms with Crippen molar-refractivity contribution in [2.45, 2.75) is 0 Å². The van der Waals surface area contributed by atoms with Crippen molar-refractivity contribution in [2.24, 2.45) is 0 Å². The zero-order valence-corrected chi connectivity index (χ0v) is 51.9. The summed E-state index contributed by atoms with van der Waals surface area (Å²) in [7, 11) is -19.8. The highest BCUT2D eigenvalue weighted by Crippen LogP contribution is 2.65. The molecular formula is C68H59N5O10P5+. The van der Waals surface area contributed by atoms with E-state index < -0.39 is 37.9 Å². The number of nitrogens with one attached hydrogen (secondary N) is 2. The summed E-state index contributed by atoms with van der Waals surface area (Å²) in [5.41, 5.74) is 7.91. The highest BCUT2D eigenvalue weighted by Gasteiger charge is 2.56. The molecule has 5 unspecified atom stereocenters. The summed E-state index contributed by atoms with van der Waals surface area (Å²) in [5.74, 6) is 2.33. The summed E-state index contributed by atoms with van der Waals surface area (Å²) >= 11 is 0. The SMILES string of the molecule is O=P1(NCCN(CCN(CCN(CCNP2(=O)Oc3ccccc3-c3ccccc32)P2(=O)Oc3ccccc3-c3ccccc32)[P+]2(O)Oc3ccccc3-c3ccccc32)P2(=O)Oc3ccccc3-c3ccccc32)Oc2ccccc2-c2ccccc21. The van der Waals surface area contributed by atoms with Crippen LogP contribution < -0.4 is 59.3 Å². The molecule has 0 radical (unpaired) electrons. The molecule has 440 valence electrons. The predicted molar refractivity (Wildman–Crippen MR) is 351 cm³/mol. The van der Waals surface area contributed by atoms with Crippen LogP contribution in [0.25, 0.3) is 55.6 Å². The molecule has 0 bridgehead atoms. The van der Waals surface area contributed by atoms with Gasteiger partial charge in [0.2, 0.25) is 0 Å². The van der Waals surface area contributed by atoms with Crippen LogP contribution in [0.1, 0.15) is 0 Å². The molecule has 10 aromatic rings. The number of para-hydroxylation sites is 5. The summed E-state index contributed by atoms with van der Waals surface area (Å²) < 4.78 is 103. The Morgan fingerprint density at radius 2 is 0.614 bits per heavy atom. The second kappa shape index (κ2) is 22.7. The van der Waals surface area contributed by atoms with Crippen molar-refractivity contribution in [2.75, 3.05) is 52.4 Å². The van der Waals surface area contributed by atoms with Gasteiger partial charge in [0.25, 0.3) is 0 Å². The van der Waals surface area contributed by atoms with Gasteiger partial charge in [-0.2, -0.15) is 4.89 Å². The lowest BCUT2D eigenvalue weighted by Crippen LogP contribution is -2.46. The average Bonchev–Trinajstić information content (AvgIpc) is 1.46. The molecule has 0 aromatic heterocycles. The van der Waals surface area contributed by atoms with Crippen molar-refractivity contribution in [3.63, 3.8) is 0 Å². The molecule has 10 aromatic carbocycles. The topological polar surface area (TPSA) is 168 Å². The van der Waals surface area contributed by atoms with Crippen molar-refractivity contribution >= 4 is 64.5 Å². The highest BCUT2D eigenvalue weighted by molar-refractivity contribution is 7.72. The van der Waals surface area contributed by atoms with E-state index in [0.717, 1.165) is 55.6 Å². The monoisotopic (exact) mass is 1260 g/mol. The Morgan fingerprint density at radius 1 is 0.318 bits per heavy atom. The van der Waals surface area contributed by atoms with E-state index in [1.807, 2.05) is 235 Å². The maximum Gasteiger partial charge on any atom is 0.428 e. The molecule has 0 aliphatic carbocycles. The van der Waals surface area contributed by atoms with Crippen LogP contribution in [0, 0.1) is 0 Å². The van der Waals surface area contributed by atoms with Crippen LogP contribution in [0.2, 0.25) is 0 Å². The van der Waals surface area contributed by atoms with Gasteiger partial charge in [-0.05, 0) is 66.7 Å². The Kier molecular flexibility index (Phi) is 14.7. The minimum Gasteiger partial charge on any atom is -0.429 e. The first-order chi connectivity index (χ1) is 42.9. The van der Waals surface area contributed by atoms with Gasteiger partial charge in [0.1, 0.15) is 23.0 Å². The van der Waals surface area contributed by atoms with E-state index >= 15 is 18.3 Å². The standard InChI is InChI=1S/C68H59N5O10P5/c74-84(64-36-16-6-26-54(64)49-21-1-11-31-59(49)79-84)69-41-43-71(86(76)66-38-18-8-28-56(66)51-23-3-13-33-61(51)81-86)45-47-73(88(78)68-40-20-10-30-58(68)53-25-5-15-35-63(53)83-88)48-46-72(87(77)67-39-19-9-29-57(67)52-24-4-14-34-62(52)82-87)44-42-70-85(75)65-37-17-7-27-55(65)50-22-2-12-32-60(50)80-85/h1-40,78H,41-48H2,(H,69,74)(H,70,75)/q+1. The van der Waals surface area contributed by atoms with Crippen LogP contribution in [0.4, 0.5) is 0 Å². The molecule has 5 aliphatic rings. The minimum absolute atomic E-state index is 0.00283. The van der Waals surface area contributed by atoms with Crippen molar-refractivity contribution in [3.05, 3.63) is 243 Å². The maximum atomic E-state index is 16.6. The molecule has 88 heavy (non-hydrogen) atoms. The molecule has 15 nitrogen and oxygen atoms in total. The van der Waals surface area contributed by atoms with Gasteiger partial charge < -0.3 is 18.1 Å². The van der Waals surface area contributed by atoms with Crippen LogP contribution in [0.5, 0.6) is 28.7 Å². The third kappa shape index (κ3) is 9.73. The average molecular weight is 1260 g/mol. The third-order valence-corrected chi connectivity index (χ3v) is 28.9. The van der Waals surface area contributed by atoms with Crippen molar-refractivity contribution in [1.82, 2.24) is 24.2 Å². The third-order valence-electron chi connectivity index (χ3n) is 16.8. The summed E-state index contributed by atoms with van der Waals surface area (Å²) in [6, 6.07) is 75.3. The molecule has 15 rings (SSSR count). The van der Waals surface area contributed by atoms with Gasteiger partial charge in [0.05, 0.1) is 34.3 Å². The lowest BCUT2D eigenvalue weighted by molar-refractivity contribution is 0.269. The Labute approximate surface area is 511 Å². The Hall–Kier alpha value is -7.69. The molecule has 0 saturated heterocycles. The smallest absolute Gasteiger partial charge is 0.428 e. The van der Waals surface area contributed by atoms with E-state index in [2.05, 4.69) is 10.2 Å². The number of rotatable bonds is 17. The zero-order chi connectivity index (χ0) is 59.7. The minimum atomic E-state index is -4.11. The quantitative estimate of drug-likeness (QED) is 0.0736. The van der Waals surface area contributed by atoms with Gasteiger partial charge in [-0.1, -0.05) is 176 Å². The van der Waals surface area contributed by atoms with Gasteiger partial charge in [-0.25, -0.2) is 19.5 Å². The normalized spacial score (nSPS) is 22.0. The summed E-state index contributed by atoms with van der Waals surface area (Å²) in [6.07, 6.45) is 0. The zero-order valence-electron chi connectivity index (χ0n) is 47.5. The summed E-state index contributed by atoms with van der Waals surface area (Å²) in [4.78, 5) is 13.9. The number of benzene rings is 10. The summed E-state index contributed by atoms with van der Waals surface area (Å²) in [5, 5.41) is 9.19. The first-order valence-corrected chi connectivity index (χ1v) is 37.2. The molecule has 5 aliphatic heterocycles. The molecule has 20 heteroatoms. The van der Waals surface area contributed by atoms with Crippen LogP contribution in [-0.2, 0) is 18.3 Å². The van der Waals surface area contributed by atoms with Crippen molar-refractivity contribution in [1.29, 1.82) is 0 Å². The number of fused-ring (bicyclic) bond motifs is 15. The number of hydrogen-bond donors (Lipinski definition) is 3. The fraction of sp³-hybridized carbons (Fsp3) is 0.118. The van der Waals surface area contributed by atoms with Crippen molar-refractivity contribution in [3.8, 4) is 84.4 Å². The van der Waals surface area contributed by atoms with Crippen LogP contribution in [0.3, 0.4) is 0 Å². The van der Waals surface area contributed by atoms with E-state index in [-0.39, 0.29) is 52.4 Å². The van der Waals surface area contributed by atoms with Crippen molar-refractivity contribution < 1.29 is 45.8 Å². The Morgan fingerprint density at radius 3 is 1.02 bits per heavy atom. The molecular weight excluding hydrogens is 1200 g/mol. The fourth-order valence-electron chi connectivity index (χ4n) is 12.7. The molecule has 0 spiro atoms. The van der Waals surface area contributed by atoms with Gasteiger partial charge in [-0.3, -0.25) is 22.8 Å². The Balaban J connectivity index is 0.813. The lowest BCUT2D eigenvalue weighted by atomic mass is 10.0. The molecule has 0 fully saturated rings. The van der Waals surface area contributed by atoms with E-state index in [9.17, 15) is 4.89 Å².